The van der Waals surface area contributed by atoms with Gasteiger partial charge in [-0.3, -0.25) is 4.90 Å². The van der Waals surface area contributed by atoms with Crippen molar-refractivity contribution in [3.05, 3.63) is 29.8 Å². The first kappa shape index (κ1) is 19.2. The van der Waals surface area contributed by atoms with Gasteiger partial charge in [-0.15, -0.1) is 0 Å². The van der Waals surface area contributed by atoms with Crippen molar-refractivity contribution in [1.29, 1.82) is 0 Å². The van der Waals surface area contributed by atoms with Crippen molar-refractivity contribution in [1.82, 2.24) is 9.80 Å². The minimum absolute atomic E-state index is 0.174. The third-order valence-electron chi connectivity index (χ3n) is 6.56. The second-order valence-corrected chi connectivity index (χ2v) is 8.75. The van der Waals surface area contributed by atoms with E-state index in [9.17, 15) is 10.2 Å². The molecule has 2 heterocycles. The number of nitrogens with zero attached hydrogens (tertiary/aromatic N) is 2. The van der Waals surface area contributed by atoms with Gasteiger partial charge >= 0.3 is 0 Å². The van der Waals surface area contributed by atoms with E-state index in [0.29, 0.717) is 18.7 Å². The van der Waals surface area contributed by atoms with Gasteiger partial charge in [0.2, 0.25) is 0 Å². The van der Waals surface area contributed by atoms with Crippen LogP contribution >= 0.6 is 0 Å². The lowest BCUT2D eigenvalue weighted by Gasteiger charge is -2.36. The Morgan fingerprint density at radius 1 is 1.11 bits per heavy atom. The summed E-state index contributed by atoms with van der Waals surface area (Å²) in [5, 5.41) is 19.9. The molecule has 3 fully saturated rings. The second-order valence-electron chi connectivity index (χ2n) is 8.75. The van der Waals surface area contributed by atoms with Gasteiger partial charge in [0, 0.05) is 31.7 Å². The molecule has 27 heavy (non-hydrogen) atoms. The van der Waals surface area contributed by atoms with Crippen LogP contribution in [0.4, 0.5) is 0 Å². The molecule has 0 bridgehead atoms. The topological polar surface area (TPSA) is 56.2 Å². The molecule has 2 aliphatic heterocycles. The molecule has 1 aromatic rings. The van der Waals surface area contributed by atoms with Crippen molar-refractivity contribution in [3.8, 4) is 5.75 Å². The number of hydrogen-bond donors (Lipinski definition) is 2. The van der Waals surface area contributed by atoms with Gasteiger partial charge in [0.1, 0.15) is 18.5 Å². The van der Waals surface area contributed by atoms with Crippen molar-refractivity contribution < 1.29 is 14.9 Å². The van der Waals surface area contributed by atoms with Crippen LogP contribution in [0.3, 0.4) is 0 Å². The highest BCUT2D eigenvalue weighted by molar-refractivity contribution is 5.29. The van der Waals surface area contributed by atoms with E-state index < -0.39 is 6.10 Å². The average Bonchev–Trinajstić information content (AvgIpc) is 3.45. The predicted molar refractivity (Wildman–Crippen MR) is 106 cm³/mol. The van der Waals surface area contributed by atoms with Crippen LogP contribution in [0, 0.1) is 0 Å². The lowest BCUT2D eigenvalue weighted by molar-refractivity contribution is 0.0337. The highest BCUT2D eigenvalue weighted by Crippen LogP contribution is 2.48. The average molecular weight is 375 g/mol. The zero-order valence-corrected chi connectivity index (χ0v) is 16.4. The van der Waals surface area contributed by atoms with Gasteiger partial charge in [0.05, 0.1) is 6.10 Å². The highest BCUT2D eigenvalue weighted by atomic mass is 16.5. The molecule has 2 N–H and O–H groups in total. The third-order valence-corrected chi connectivity index (χ3v) is 6.56. The summed E-state index contributed by atoms with van der Waals surface area (Å²) in [5.41, 5.74) is 1.81. The lowest BCUT2D eigenvalue weighted by atomic mass is 9.99. The number of piperidine rings is 2. The van der Waals surface area contributed by atoms with E-state index in [2.05, 4.69) is 28.0 Å². The van der Waals surface area contributed by atoms with Gasteiger partial charge in [-0.25, -0.2) is 0 Å². The summed E-state index contributed by atoms with van der Waals surface area (Å²) >= 11 is 0. The number of likely N-dealkylation sites (tertiary alicyclic amines) is 2. The van der Waals surface area contributed by atoms with Gasteiger partial charge in [-0.05, 0) is 62.8 Å². The molecule has 0 unspecified atom stereocenters. The first-order valence-electron chi connectivity index (χ1n) is 10.7. The maximum Gasteiger partial charge on any atom is 0.119 e. The molecule has 4 rings (SSSR count). The first-order valence-corrected chi connectivity index (χ1v) is 10.7. The maximum atomic E-state index is 10.3. The largest absolute Gasteiger partial charge is 0.491 e. The van der Waals surface area contributed by atoms with Gasteiger partial charge in [-0.2, -0.15) is 0 Å². The molecule has 5 heteroatoms. The Morgan fingerprint density at radius 3 is 2.70 bits per heavy atom. The Hall–Kier alpha value is -1.14. The van der Waals surface area contributed by atoms with Crippen LogP contribution in [0.5, 0.6) is 5.75 Å². The standard InChI is InChI=1S/C22H34N2O3/c25-19-6-12-23(13-7-19)16-20(26)17-27-21-5-3-4-18(14-21)15-24-11-2-1-8-22(24)9-10-22/h3-5,14,19-20,25-26H,1-2,6-13,15-17H2/t20-/m1/s1. The molecule has 0 radical (unpaired) electrons. The third kappa shape index (κ3) is 5.02. The number of rotatable bonds is 7. The number of aliphatic hydroxyl groups is 2. The number of benzene rings is 1. The molecule has 3 aliphatic rings. The summed E-state index contributed by atoms with van der Waals surface area (Å²) in [6.07, 6.45) is 7.72. The van der Waals surface area contributed by atoms with Gasteiger partial charge < -0.3 is 19.8 Å². The Labute approximate surface area is 162 Å². The van der Waals surface area contributed by atoms with Gasteiger partial charge in [0.15, 0.2) is 0 Å². The fourth-order valence-electron chi connectivity index (χ4n) is 4.71. The van der Waals surface area contributed by atoms with E-state index in [4.69, 9.17) is 4.74 Å². The SMILES string of the molecule is OC1CCN(C[C@@H](O)COc2cccc(CN3CCCCC34CC4)c2)CC1. The van der Waals surface area contributed by atoms with Crippen molar-refractivity contribution in [2.75, 3.05) is 32.8 Å². The molecular formula is C22H34N2O3. The summed E-state index contributed by atoms with van der Waals surface area (Å²) in [4.78, 5) is 4.89. The minimum Gasteiger partial charge on any atom is -0.491 e. The molecule has 5 nitrogen and oxygen atoms in total. The van der Waals surface area contributed by atoms with E-state index in [1.807, 2.05) is 6.07 Å². The zero-order valence-electron chi connectivity index (χ0n) is 16.4. The highest BCUT2D eigenvalue weighted by Gasteiger charge is 2.48. The summed E-state index contributed by atoms with van der Waals surface area (Å²) in [7, 11) is 0. The predicted octanol–water partition coefficient (Wildman–Crippen LogP) is 2.40. The molecule has 0 amide bonds. The van der Waals surface area contributed by atoms with E-state index in [0.717, 1.165) is 38.2 Å². The van der Waals surface area contributed by atoms with Crippen LogP contribution in [0.1, 0.15) is 50.5 Å². The fraction of sp³-hybridized carbons (Fsp3) is 0.727. The molecular weight excluding hydrogens is 340 g/mol. The lowest BCUT2D eigenvalue weighted by Crippen LogP contribution is -2.41. The second kappa shape index (κ2) is 8.48. The normalized spacial score (nSPS) is 24.8. The molecule has 2 saturated heterocycles. The van der Waals surface area contributed by atoms with Crippen molar-refractivity contribution in [3.63, 3.8) is 0 Å². The summed E-state index contributed by atoms with van der Waals surface area (Å²) in [6, 6.07) is 8.37. The molecule has 0 aromatic heterocycles. The maximum absolute atomic E-state index is 10.3. The smallest absolute Gasteiger partial charge is 0.119 e. The quantitative estimate of drug-likeness (QED) is 0.768. The number of aliphatic hydroxyl groups excluding tert-OH is 2. The Balaban J connectivity index is 1.25. The van der Waals surface area contributed by atoms with Crippen molar-refractivity contribution in [2.24, 2.45) is 0 Å². The van der Waals surface area contributed by atoms with Gasteiger partial charge in [0.25, 0.3) is 0 Å². The van der Waals surface area contributed by atoms with Gasteiger partial charge in [-0.1, -0.05) is 18.6 Å². The number of hydrogen-bond acceptors (Lipinski definition) is 5. The van der Waals surface area contributed by atoms with Crippen LogP contribution in [-0.4, -0.2) is 70.5 Å². The van der Waals surface area contributed by atoms with Crippen LogP contribution in [0.2, 0.25) is 0 Å². The van der Waals surface area contributed by atoms with E-state index in [1.165, 1.54) is 44.2 Å². The number of ether oxygens (including phenoxy) is 1. The molecule has 1 spiro atoms. The van der Waals surface area contributed by atoms with Crippen molar-refractivity contribution in [2.45, 2.75) is 69.2 Å². The monoisotopic (exact) mass is 374 g/mol. The number of β-amino-alcohol motifs (C(OH)–C–C–N with tert-alkyl or cyclic N) is 1. The molecule has 1 saturated carbocycles. The Kier molecular flexibility index (Phi) is 6.02. The van der Waals surface area contributed by atoms with E-state index in [-0.39, 0.29) is 6.10 Å². The van der Waals surface area contributed by atoms with Crippen LogP contribution in [-0.2, 0) is 6.54 Å². The van der Waals surface area contributed by atoms with Crippen LogP contribution < -0.4 is 4.74 Å². The minimum atomic E-state index is -0.499. The summed E-state index contributed by atoms with van der Waals surface area (Å²) in [6.45, 7) is 4.86. The summed E-state index contributed by atoms with van der Waals surface area (Å²) < 4.78 is 5.88. The van der Waals surface area contributed by atoms with E-state index in [1.54, 1.807) is 0 Å². The fourth-order valence-corrected chi connectivity index (χ4v) is 4.71. The molecule has 1 aliphatic carbocycles. The summed E-state index contributed by atoms with van der Waals surface area (Å²) in [5.74, 6) is 0.850. The Morgan fingerprint density at radius 2 is 1.93 bits per heavy atom. The Bertz CT molecular complexity index is 611. The van der Waals surface area contributed by atoms with Crippen molar-refractivity contribution >= 4 is 0 Å². The molecule has 1 aromatic carbocycles. The molecule has 150 valence electrons. The van der Waals surface area contributed by atoms with Crippen LogP contribution in [0.15, 0.2) is 24.3 Å². The first-order chi connectivity index (χ1) is 13.1. The van der Waals surface area contributed by atoms with E-state index >= 15 is 0 Å². The molecule has 1 atom stereocenters. The van der Waals surface area contributed by atoms with Crippen LogP contribution in [0.25, 0.3) is 0 Å². The zero-order chi connectivity index (χ0) is 18.7.